The van der Waals surface area contributed by atoms with Gasteiger partial charge in [0.1, 0.15) is 0 Å². The second-order valence-electron chi connectivity index (χ2n) is 3.57. The van der Waals surface area contributed by atoms with Gasteiger partial charge in [-0.05, 0) is 46.3 Å². The highest BCUT2D eigenvalue weighted by Gasteiger charge is 2.07. The number of pyridine rings is 1. The van der Waals surface area contributed by atoms with E-state index in [0.29, 0.717) is 10.2 Å². The number of aromatic nitrogens is 1. The third-order valence-corrected chi connectivity index (χ3v) is 4.32. The fraction of sp³-hybridized carbons (Fsp3) is 0.545. The topological polar surface area (TPSA) is 48.0 Å². The van der Waals surface area contributed by atoms with Gasteiger partial charge in [0.05, 0.1) is 10.2 Å². The van der Waals surface area contributed by atoms with Crippen molar-refractivity contribution in [1.29, 1.82) is 0 Å². The van der Waals surface area contributed by atoms with Crippen molar-refractivity contribution in [3.8, 4) is 0 Å². The minimum absolute atomic E-state index is 0.00759. The second-order valence-corrected chi connectivity index (χ2v) is 5.76. The largest absolute Gasteiger partial charge is 0.397 e. The van der Waals surface area contributed by atoms with Gasteiger partial charge in [-0.2, -0.15) is 11.8 Å². The molecule has 90 valence electrons. The monoisotopic (exact) mass is 304 g/mol. The first kappa shape index (κ1) is 13.6. The standard InChI is InChI=1S/C11H17BrN2OS/c1-3-16-6-4-5-14-7-9(13)8(2)10(12)11(14)15/h7H,3-6,13H2,1-2H3. The molecule has 0 aromatic carbocycles. The van der Waals surface area contributed by atoms with Crippen molar-refractivity contribution < 1.29 is 0 Å². The van der Waals surface area contributed by atoms with Crippen molar-refractivity contribution in [2.24, 2.45) is 0 Å². The summed E-state index contributed by atoms with van der Waals surface area (Å²) in [6.07, 6.45) is 2.73. The number of nitrogens with zero attached hydrogens (tertiary/aromatic N) is 1. The Labute approximate surface area is 109 Å². The minimum atomic E-state index is 0.00759. The van der Waals surface area contributed by atoms with Crippen LogP contribution in [0.5, 0.6) is 0 Å². The molecule has 0 saturated heterocycles. The molecule has 1 rings (SSSR count). The molecule has 1 aromatic rings. The second kappa shape index (κ2) is 6.35. The van der Waals surface area contributed by atoms with Gasteiger partial charge in [0.25, 0.3) is 5.56 Å². The molecular weight excluding hydrogens is 288 g/mol. The Bertz CT molecular complexity index is 417. The maximum Gasteiger partial charge on any atom is 0.265 e. The number of hydrogen-bond donors (Lipinski definition) is 1. The fourth-order valence-corrected chi connectivity index (χ4v) is 2.46. The molecule has 0 bridgehead atoms. The Hall–Kier alpha value is -0.420. The summed E-state index contributed by atoms with van der Waals surface area (Å²) in [5, 5.41) is 0. The third kappa shape index (κ3) is 3.28. The first-order chi connectivity index (χ1) is 7.57. The van der Waals surface area contributed by atoms with Crippen LogP contribution >= 0.6 is 27.7 Å². The van der Waals surface area contributed by atoms with Crippen molar-refractivity contribution in [3.63, 3.8) is 0 Å². The maximum absolute atomic E-state index is 11.9. The zero-order valence-corrected chi connectivity index (χ0v) is 12.0. The van der Waals surface area contributed by atoms with E-state index in [2.05, 4.69) is 22.9 Å². The van der Waals surface area contributed by atoms with Crippen LogP contribution in [0.15, 0.2) is 15.5 Å². The molecule has 1 aromatic heterocycles. The molecule has 0 saturated carbocycles. The molecule has 3 nitrogen and oxygen atoms in total. The Balaban J connectivity index is 2.78. The molecule has 0 fully saturated rings. The fourth-order valence-electron chi connectivity index (χ4n) is 1.38. The number of hydrogen-bond acceptors (Lipinski definition) is 3. The van der Waals surface area contributed by atoms with Crippen molar-refractivity contribution in [2.45, 2.75) is 26.8 Å². The van der Waals surface area contributed by atoms with Crippen LogP contribution in [0.3, 0.4) is 0 Å². The number of thioether (sulfide) groups is 1. The number of aryl methyl sites for hydroxylation is 1. The SMILES string of the molecule is CCSCCCn1cc(N)c(C)c(Br)c1=O. The smallest absolute Gasteiger partial charge is 0.265 e. The van der Waals surface area contributed by atoms with Gasteiger partial charge in [0.2, 0.25) is 0 Å². The molecule has 0 spiro atoms. The zero-order chi connectivity index (χ0) is 12.1. The van der Waals surface area contributed by atoms with Crippen LogP contribution in [0.2, 0.25) is 0 Å². The molecule has 0 radical (unpaired) electrons. The minimum Gasteiger partial charge on any atom is -0.397 e. The summed E-state index contributed by atoms with van der Waals surface area (Å²) in [5.74, 6) is 2.20. The molecule has 0 aliphatic carbocycles. The van der Waals surface area contributed by atoms with Gasteiger partial charge in [-0.25, -0.2) is 0 Å². The van der Waals surface area contributed by atoms with E-state index in [1.807, 2.05) is 18.7 Å². The van der Waals surface area contributed by atoms with Crippen LogP contribution in [-0.4, -0.2) is 16.1 Å². The van der Waals surface area contributed by atoms with Crippen LogP contribution in [-0.2, 0) is 6.54 Å². The van der Waals surface area contributed by atoms with E-state index in [-0.39, 0.29) is 5.56 Å². The zero-order valence-electron chi connectivity index (χ0n) is 9.62. The average molecular weight is 305 g/mol. The van der Waals surface area contributed by atoms with Gasteiger partial charge in [-0.1, -0.05) is 6.92 Å². The van der Waals surface area contributed by atoms with Gasteiger partial charge >= 0.3 is 0 Å². The number of halogens is 1. The van der Waals surface area contributed by atoms with Crippen molar-refractivity contribution in [3.05, 3.63) is 26.6 Å². The number of anilines is 1. The molecule has 2 N–H and O–H groups in total. The summed E-state index contributed by atoms with van der Waals surface area (Å²) in [5.41, 5.74) is 7.32. The molecule has 16 heavy (non-hydrogen) atoms. The summed E-state index contributed by atoms with van der Waals surface area (Å²) in [4.78, 5) is 11.9. The molecule has 1 heterocycles. The quantitative estimate of drug-likeness (QED) is 0.851. The van der Waals surface area contributed by atoms with Gasteiger partial charge in [-0.15, -0.1) is 0 Å². The van der Waals surface area contributed by atoms with Crippen LogP contribution < -0.4 is 11.3 Å². The predicted octanol–water partition coefficient (Wildman–Crippen LogP) is 2.64. The Kier molecular flexibility index (Phi) is 5.41. The lowest BCUT2D eigenvalue weighted by atomic mass is 10.2. The lowest BCUT2D eigenvalue weighted by Crippen LogP contribution is -2.22. The van der Waals surface area contributed by atoms with E-state index in [1.54, 1.807) is 10.8 Å². The molecular formula is C11H17BrN2OS. The molecule has 0 aliphatic rings. The van der Waals surface area contributed by atoms with Crippen molar-refractivity contribution in [2.75, 3.05) is 17.2 Å². The van der Waals surface area contributed by atoms with Crippen molar-refractivity contribution in [1.82, 2.24) is 4.57 Å². The van der Waals surface area contributed by atoms with Crippen LogP contribution in [0.25, 0.3) is 0 Å². The highest BCUT2D eigenvalue weighted by molar-refractivity contribution is 9.10. The molecule has 0 amide bonds. The van der Waals surface area contributed by atoms with Crippen LogP contribution in [0.4, 0.5) is 5.69 Å². The lowest BCUT2D eigenvalue weighted by Gasteiger charge is -2.10. The van der Waals surface area contributed by atoms with E-state index >= 15 is 0 Å². The highest BCUT2D eigenvalue weighted by Crippen LogP contribution is 2.17. The highest BCUT2D eigenvalue weighted by atomic mass is 79.9. The molecule has 0 atom stereocenters. The normalized spacial score (nSPS) is 10.7. The van der Waals surface area contributed by atoms with E-state index in [9.17, 15) is 4.79 Å². The Morgan fingerprint density at radius 1 is 1.56 bits per heavy atom. The number of nitrogen functional groups attached to an aromatic ring is 1. The first-order valence-electron chi connectivity index (χ1n) is 5.30. The third-order valence-electron chi connectivity index (χ3n) is 2.40. The van der Waals surface area contributed by atoms with Crippen LogP contribution in [0.1, 0.15) is 18.9 Å². The number of nitrogens with two attached hydrogens (primary N) is 1. The van der Waals surface area contributed by atoms with Gasteiger partial charge < -0.3 is 10.3 Å². The molecule has 0 aliphatic heterocycles. The summed E-state index contributed by atoms with van der Waals surface area (Å²) < 4.78 is 2.26. The maximum atomic E-state index is 11.9. The predicted molar refractivity (Wildman–Crippen MR) is 75.2 cm³/mol. The molecule has 0 unspecified atom stereocenters. The Morgan fingerprint density at radius 3 is 2.88 bits per heavy atom. The van der Waals surface area contributed by atoms with Crippen molar-refractivity contribution >= 4 is 33.4 Å². The van der Waals surface area contributed by atoms with E-state index in [4.69, 9.17) is 5.73 Å². The summed E-state index contributed by atoms with van der Waals surface area (Å²) in [6, 6.07) is 0. The first-order valence-corrected chi connectivity index (χ1v) is 7.25. The van der Waals surface area contributed by atoms with E-state index in [1.165, 1.54) is 0 Å². The lowest BCUT2D eigenvalue weighted by molar-refractivity contribution is 0.656. The molecule has 5 heteroatoms. The van der Waals surface area contributed by atoms with Crippen LogP contribution in [0, 0.1) is 6.92 Å². The number of rotatable bonds is 5. The van der Waals surface area contributed by atoms with E-state index < -0.39 is 0 Å². The Morgan fingerprint density at radius 2 is 2.25 bits per heavy atom. The van der Waals surface area contributed by atoms with Gasteiger partial charge in [-0.3, -0.25) is 4.79 Å². The van der Waals surface area contributed by atoms with E-state index in [0.717, 1.165) is 30.0 Å². The van der Waals surface area contributed by atoms with Gasteiger partial charge in [0.15, 0.2) is 0 Å². The average Bonchev–Trinajstić information content (AvgIpc) is 2.28. The van der Waals surface area contributed by atoms with Gasteiger partial charge in [0, 0.05) is 12.7 Å². The summed E-state index contributed by atoms with van der Waals surface area (Å²) >= 11 is 5.17. The summed E-state index contributed by atoms with van der Waals surface area (Å²) in [6.45, 7) is 4.71. The summed E-state index contributed by atoms with van der Waals surface area (Å²) in [7, 11) is 0.